The van der Waals surface area contributed by atoms with E-state index in [9.17, 15) is 9.18 Å². The number of amides is 1. The van der Waals surface area contributed by atoms with Gasteiger partial charge in [-0.1, -0.05) is 19.9 Å². The van der Waals surface area contributed by atoms with Crippen LogP contribution < -0.4 is 10.6 Å². The molecule has 0 unspecified atom stereocenters. The fraction of sp³-hybridized carbons (Fsp3) is 0.238. The molecule has 0 aliphatic carbocycles. The lowest BCUT2D eigenvalue weighted by Crippen LogP contribution is -2.15. The Balaban J connectivity index is 1.66. The average molecular weight is 436 g/mol. The maximum atomic E-state index is 13.7. The van der Waals surface area contributed by atoms with Gasteiger partial charge < -0.3 is 10.4 Å². The minimum Gasteiger partial charge on any atom is -0.465 e. The van der Waals surface area contributed by atoms with Crippen LogP contribution in [-0.2, 0) is 6.42 Å². The Bertz CT molecular complexity index is 1270. The number of anilines is 2. The minimum atomic E-state index is -1.18. The van der Waals surface area contributed by atoms with Crippen LogP contribution in [0.1, 0.15) is 30.9 Å². The standard InChI is InChI=1S/C21H21FN8O2/c1-12(2)16-11-26-30-19(16)27-18(14-8-15(22)10-23-9-14)28-20(30)25-7-5-13-4-3-6-24-17(13)29-21(31)32/h3-4,6,8-12H,5,7H2,1-2H3,(H,24,29)(H,31,32)(H,25,27,28). The van der Waals surface area contributed by atoms with E-state index in [4.69, 9.17) is 5.11 Å². The van der Waals surface area contributed by atoms with Crippen molar-refractivity contribution in [3.05, 3.63) is 59.9 Å². The molecule has 0 spiro atoms. The second kappa shape index (κ2) is 8.92. The van der Waals surface area contributed by atoms with E-state index in [-0.39, 0.29) is 11.7 Å². The van der Waals surface area contributed by atoms with Crippen LogP contribution in [0.2, 0.25) is 0 Å². The molecule has 0 saturated carbocycles. The van der Waals surface area contributed by atoms with Gasteiger partial charge in [-0.15, -0.1) is 0 Å². The molecule has 4 aromatic rings. The van der Waals surface area contributed by atoms with Gasteiger partial charge >= 0.3 is 6.09 Å². The monoisotopic (exact) mass is 436 g/mol. The third-order valence-corrected chi connectivity index (χ3v) is 4.77. The molecule has 0 bridgehead atoms. The van der Waals surface area contributed by atoms with Gasteiger partial charge in [-0.25, -0.2) is 19.2 Å². The quantitative estimate of drug-likeness (QED) is 0.401. The summed E-state index contributed by atoms with van der Waals surface area (Å²) in [6.45, 7) is 4.49. The molecule has 11 heteroatoms. The fourth-order valence-corrected chi connectivity index (χ4v) is 3.24. The summed E-state index contributed by atoms with van der Waals surface area (Å²) in [6, 6.07) is 4.86. The number of hydrogen-bond donors (Lipinski definition) is 3. The summed E-state index contributed by atoms with van der Waals surface area (Å²) < 4.78 is 15.3. The van der Waals surface area contributed by atoms with Crippen LogP contribution in [0.3, 0.4) is 0 Å². The van der Waals surface area contributed by atoms with Gasteiger partial charge in [0, 0.05) is 30.1 Å². The highest BCUT2D eigenvalue weighted by Gasteiger charge is 2.16. The number of rotatable bonds is 7. The molecule has 3 N–H and O–H groups in total. The highest BCUT2D eigenvalue weighted by atomic mass is 19.1. The zero-order valence-electron chi connectivity index (χ0n) is 17.4. The number of fused-ring (bicyclic) bond motifs is 1. The summed E-state index contributed by atoms with van der Waals surface area (Å²) >= 11 is 0. The summed E-state index contributed by atoms with van der Waals surface area (Å²) in [5, 5.41) is 18.9. The van der Waals surface area contributed by atoms with E-state index < -0.39 is 11.9 Å². The fourth-order valence-electron chi connectivity index (χ4n) is 3.24. The molecular formula is C21H21FN8O2. The molecule has 0 aliphatic rings. The van der Waals surface area contributed by atoms with Crippen molar-refractivity contribution < 1.29 is 14.3 Å². The first-order chi connectivity index (χ1) is 15.4. The highest BCUT2D eigenvalue weighted by molar-refractivity contribution is 5.82. The second-order valence-electron chi connectivity index (χ2n) is 7.37. The van der Waals surface area contributed by atoms with E-state index in [0.717, 1.165) is 17.3 Å². The molecule has 4 heterocycles. The maximum Gasteiger partial charge on any atom is 0.410 e. The van der Waals surface area contributed by atoms with Crippen LogP contribution in [0.5, 0.6) is 0 Å². The molecule has 0 atom stereocenters. The third-order valence-electron chi connectivity index (χ3n) is 4.77. The molecule has 0 aromatic carbocycles. The lowest BCUT2D eigenvalue weighted by molar-refractivity contribution is 0.209. The Morgan fingerprint density at radius 2 is 2.09 bits per heavy atom. The predicted octanol–water partition coefficient (Wildman–Crippen LogP) is 3.59. The zero-order valence-corrected chi connectivity index (χ0v) is 17.4. The largest absolute Gasteiger partial charge is 0.465 e. The van der Waals surface area contributed by atoms with Crippen molar-refractivity contribution in [2.45, 2.75) is 26.2 Å². The van der Waals surface area contributed by atoms with Gasteiger partial charge in [0.05, 0.1) is 12.4 Å². The Morgan fingerprint density at radius 1 is 1.25 bits per heavy atom. The van der Waals surface area contributed by atoms with Crippen molar-refractivity contribution in [1.29, 1.82) is 0 Å². The average Bonchev–Trinajstić information content (AvgIpc) is 3.19. The SMILES string of the molecule is CC(C)c1cnn2c(NCCc3cccnc3NC(=O)O)nc(-c3cncc(F)c3)nc12. The molecule has 4 aromatic heterocycles. The number of aromatic nitrogens is 6. The molecule has 0 radical (unpaired) electrons. The second-order valence-corrected chi connectivity index (χ2v) is 7.37. The van der Waals surface area contributed by atoms with Crippen molar-refractivity contribution in [1.82, 2.24) is 29.5 Å². The minimum absolute atomic E-state index is 0.175. The van der Waals surface area contributed by atoms with E-state index in [0.29, 0.717) is 35.9 Å². The Kier molecular flexibility index (Phi) is 5.88. The van der Waals surface area contributed by atoms with Gasteiger partial charge in [0.15, 0.2) is 11.5 Å². The zero-order chi connectivity index (χ0) is 22.7. The molecule has 1 amide bonds. The summed E-state index contributed by atoms with van der Waals surface area (Å²) in [7, 11) is 0. The topological polar surface area (TPSA) is 130 Å². The van der Waals surface area contributed by atoms with Gasteiger partial charge in [-0.3, -0.25) is 10.3 Å². The van der Waals surface area contributed by atoms with Crippen LogP contribution in [0.15, 0.2) is 43.0 Å². The van der Waals surface area contributed by atoms with Gasteiger partial charge in [0.25, 0.3) is 0 Å². The van der Waals surface area contributed by atoms with E-state index in [1.165, 1.54) is 18.5 Å². The molecule has 0 saturated heterocycles. The van der Waals surface area contributed by atoms with Crippen molar-refractivity contribution in [2.75, 3.05) is 17.2 Å². The maximum absolute atomic E-state index is 13.7. The van der Waals surface area contributed by atoms with E-state index in [1.807, 2.05) is 13.8 Å². The van der Waals surface area contributed by atoms with E-state index >= 15 is 0 Å². The first kappa shape index (κ1) is 21.1. The van der Waals surface area contributed by atoms with Crippen LogP contribution in [0, 0.1) is 5.82 Å². The molecule has 32 heavy (non-hydrogen) atoms. The number of nitrogens with one attached hydrogen (secondary N) is 2. The highest BCUT2D eigenvalue weighted by Crippen LogP contribution is 2.24. The Morgan fingerprint density at radius 3 is 2.84 bits per heavy atom. The first-order valence-electron chi connectivity index (χ1n) is 9.96. The van der Waals surface area contributed by atoms with Crippen LogP contribution in [0.25, 0.3) is 17.0 Å². The predicted molar refractivity (Wildman–Crippen MR) is 116 cm³/mol. The van der Waals surface area contributed by atoms with Crippen LogP contribution >= 0.6 is 0 Å². The molecule has 10 nitrogen and oxygen atoms in total. The molecule has 0 fully saturated rings. The summed E-state index contributed by atoms with van der Waals surface area (Å²) in [6.07, 6.45) is 5.18. The Labute approximate surface area is 182 Å². The number of nitrogens with zero attached hydrogens (tertiary/aromatic N) is 6. The van der Waals surface area contributed by atoms with Crippen molar-refractivity contribution in [2.24, 2.45) is 0 Å². The smallest absolute Gasteiger partial charge is 0.410 e. The van der Waals surface area contributed by atoms with Gasteiger partial charge in [-0.2, -0.15) is 14.6 Å². The number of carboxylic acid groups (broad SMARTS) is 1. The lowest BCUT2D eigenvalue weighted by Gasteiger charge is -2.12. The lowest BCUT2D eigenvalue weighted by atomic mass is 10.1. The van der Waals surface area contributed by atoms with E-state index in [1.54, 1.807) is 22.8 Å². The third kappa shape index (κ3) is 4.46. The van der Waals surface area contributed by atoms with Gasteiger partial charge in [0.2, 0.25) is 5.95 Å². The number of carbonyl (C=O) groups is 1. The Hall–Kier alpha value is -4.15. The number of hydrogen-bond acceptors (Lipinski definition) is 7. The molecule has 0 aliphatic heterocycles. The number of pyridine rings is 2. The first-order valence-corrected chi connectivity index (χ1v) is 9.96. The summed E-state index contributed by atoms with van der Waals surface area (Å²) in [5.41, 5.74) is 2.73. The van der Waals surface area contributed by atoms with Gasteiger partial charge in [0.1, 0.15) is 11.6 Å². The van der Waals surface area contributed by atoms with Crippen molar-refractivity contribution in [3.63, 3.8) is 0 Å². The van der Waals surface area contributed by atoms with Crippen LogP contribution in [0.4, 0.5) is 21.0 Å². The summed E-state index contributed by atoms with van der Waals surface area (Å²) in [5.74, 6) is 0.728. The number of halogens is 1. The molecular weight excluding hydrogens is 415 g/mol. The summed E-state index contributed by atoms with van der Waals surface area (Å²) in [4.78, 5) is 28.1. The normalized spacial score (nSPS) is 11.1. The van der Waals surface area contributed by atoms with E-state index in [2.05, 4.69) is 35.7 Å². The van der Waals surface area contributed by atoms with Crippen molar-refractivity contribution >= 4 is 23.5 Å². The molecule has 164 valence electrons. The molecule has 4 rings (SSSR count). The van der Waals surface area contributed by atoms with Crippen LogP contribution in [-0.4, -0.2) is 47.3 Å². The van der Waals surface area contributed by atoms with Crippen molar-refractivity contribution in [3.8, 4) is 11.4 Å². The van der Waals surface area contributed by atoms with Gasteiger partial charge in [-0.05, 0) is 30.0 Å².